The molecular weight excluding hydrogens is 577 g/mol. The van der Waals surface area contributed by atoms with Crippen LogP contribution in [0.15, 0.2) is 60.7 Å². The molecule has 4 nitrogen and oxygen atoms in total. The maximum absolute atomic E-state index is 14.6. The number of esters is 2. The van der Waals surface area contributed by atoms with Crippen molar-refractivity contribution in [3.05, 3.63) is 77.4 Å². The molecule has 2 saturated carbocycles. The van der Waals surface area contributed by atoms with Crippen LogP contribution < -0.4 is 0 Å². The number of rotatable bonds is 8. The Hall–Kier alpha value is -2.53. The second kappa shape index (κ2) is 14.9. The van der Waals surface area contributed by atoms with Gasteiger partial charge < -0.3 is 9.47 Å². The summed E-state index contributed by atoms with van der Waals surface area (Å²) in [6.07, 6.45) is 8.14. The summed E-state index contributed by atoms with van der Waals surface area (Å²) in [6.45, 7) is 15.5. The highest BCUT2D eigenvalue weighted by Gasteiger charge is 2.48. The van der Waals surface area contributed by atoms with Gasteiger partial charge in [0.1, 0.15) is 17.5 Å². The molecule has 5 heteroatoms. The van der Waals surface area contributed by atoms with Crippen LogP contribution in [0.5, 0.6) is 0 Å². The van der Waals surface area contributed by atoms with Crippen LogP contribution in [-0.4, -0.2) is 29.4 Å². The lowest BCUT2D eigenvalue weighted by atomic mass is 9.75. The Balaban J connectivity index is 1.54. The third-order valence-electron chi connectivity index (χ3n) is 10.8. The van der Waals surface area contributed by atoms with Gasteiger partial charge >= 0.3 is 11.9 Å². The zero-order valence-electron chi connectivity index (χ0n) is 28.4. The van der Waals surface area contributed by atoms with Crippen LogP contribution in [0.3, 0.4) is 0 Å². The average molecular weight is 631 g/mol. The van der Waals surface area contributed by atoms with Gasteiger partial charge in [-0.05, 0) is 79.2 Å². The number of hydrogen-bond donors (Lipinski definition) is 0. The van der Waals surface area contributed by atoms with E-state index in [-0.39, 0.29) is 30.1 Å². The normalized spacial score (nSPS) is 32.2. The molecular formula is C40H54O4S. The van der Waals surface area contributed by atoms with E-state index < -0.39 is 11.2 Å². The maximum atomic E-state index is 14.6. The van der Waals surface area contributed by atoms with Crippen molar-refractivity contribution in [3.63, 3.8) is 0 Å². The van der Waals surface area contributed by atoms with Gasteiger partial charge in [-0.3, -0.25) is 9.59 Å². The minimum atomic E-state index is -0.701. The molecule has 2 aromatic rings. The highest BCUT2D eigenvalue weighted by Crippen LogP contribution is 2.49. The summed E-state index contributed by atoms with van der Waals surface area (Å²) in [4.78, 5) is 30.1. The van der Waals surface area contributed by atoms with Crippen molar-refractivity contribution in [3.8, 4) is 0 Å². The molecule has 244 valence electrons. The summed E-state index contributed by atoms with van der Waals surface area (Å²) in [5.41, 5.74) is 3.24. The molecule has 3 aliphatic rings. The molecule has 2 aromatic carbocycles. The first kappa shape index (κ1) is 33.8. The molecule has 0 radical (unpaired) electrons. The smallest absolute Gasteiger partial charge is 0.320 e. The Morgan fingerprint density at radius 3 is 1.80 bits per heavy atom. The molecule has 0 bridgehead atoms. The SMILES string of the molecule is Cc1ccc([C@H]2C=C(c3ccccc3)S[C@H](C(=O)O[C@@H]3C[C@H](C)CC[C@H]3C(C)C)[C@H]2C(=O)O[C@@H]2C[C@H](C)CC[C@H]2C(C)C)cc1. The Kier molecular flexibility index (Phi) is 11.2. The van der Waals surface area contributed by atoms with E-state index in [4.69, 9.17) is 9.47 Å². The molecule has 0 aromatic heterocycles. The first-order valence-corrected chi connectivity index (χ1v) is 18.3. The number of benzene rings is 2. The minimum absolute atomic E-state index is 0.132. The first-order valence-electron chi connectivity index (χ1n) is 17.4. The van der Waals surface area contributed by atoms with E-state index in [0.29, 0.717) is 35.5 Å². The van der Waals surface area contributed by atoms with Crippen LogP contribution in [-0.2, 0) is 19.1 Å². The number of allylic oxidation sites excluding steroid dienone is 1. The fourth-order valence-corrected chi connectivity index (χ4v) is 9.32. The Morgan fingerprint density at radius 2 is 1.27 bits per heavy atom. The number of thioether (sulfide) groups is 1. The van der Waals surface area contributed by atoms with Gasteiger partial charge in [-0.2, -0.15) is 0 Å². The highest BCUT2D eigenvalue weighted by atomic mass is 32.2. The second-order valence-corrected chi connectivity index (χ2v) is 16.2. The number of aryl methyl sites for hydroxylation is 1. The number of carbonyl (C=O) groups excluding carboxylic acids is 2. The van der Waals surface area contributed by atoms with Crippen molar-refractivity contribution in [2.75, 3.05) is 0 Å². The lowest BCUT2D eigenvalue weighted by Gasteiger charge is -2.41. The topological polar surface area (TPSA) is 52.6 Å². The molecule has 0 spiro atoms. The second-order valence-electron chi connectivity index (χ2n) is 15.0. The van der Waals surface area contributed by atoms with E-state index in [0.717, 1.165) is 60.1 Å². The summed E-state index contributed by atoms with van der Waals surface area (Å²) in [7, 11) is 0. The van der Waals surface area contributed by atoms with Crippen molar-refractivity contribution in [1.29, 1.82) is 0 Å². The van der Waals surface area contributed by atoms with E-state index in [2.05, 4.69) is 90.9 Å². The zero-order valence-corrected chi connectivity index (χ0v) is 29.2. The fourth-order valence-electron chi connectivity index (χ4n) is 7.97. The molecule has 0 saturated heterocycles. The van der Waals surface area contributed by atoms with Crippen LogP contribution in [0.2, 0.25) is 0 Å². The van der Waals surface area contributed by atoms with Crippen molar-refractivity contribution in [2.45, 2.75) is 110 Å². The van der Waals surface area contributed by atoms with Crippen molar-refractivity contribution in [1.82, 2.24) is 0 Å². The Labute approximate surface area is 276 Å². The van der Waals surface area contributed by atoms with Crippen LogP contribution in [0.1, 0.15) is 103 Å². The Bertz CT molecular complexity index is 1320. The molecule has 2 aliphatic carbocycles. The number of hydrogen-bond acceptors (Lipinski definition) is 5. The van der Waals surface area contributed by atoms with Crippen LogP contribution in [0, 0.1) is 48.3 Å². The van der Waals surface area contributed by atoms with Gasteiger partial charge in [-0.15, -0.1) is 11.8 Å². The van der Waals surface area contributed by atoms with Gasteiger partial charge in [0.05, 0.1) is 5.92 Å². The molecule has 1 aliphatic heterocycles. The van der Waals surface area contributed by atoms with Gasteiger partial charge in [0.15, 0.2) is 0 Å². The van der Waals surface area contributed by atoms with E-state index in [1.54, 1.807) is 0 Å². The first-order chi connectivity index (χ1) is 21.5. The monoisotopic (exact) mass is 630 g/mol. The molecule has 1 heterocycles. The third-order valence-corrected chi connectivity index (χ3v) is 12.1. The summed E-state index contributed by atoms with van der Waals surface area (Å²) < 4.78 is 13.1. The molecule has 45 heavy (non-hydrogen) atoms. The predicted molar refractivity (Wildman–Crippen MR) is 186 cm³/mol. The minimum Gasteiger partial charge on any atom is -0.462 e. The fraction of sp³-hybridized carbons (Fsp3) is 0.600. The molecule has 2 fully saturated rings. The molecule has 0 amide bonds. The summed E-state index contributed by atoms with van der Waals surface area (Å²) in [5, 5.41) is -0.701. The third kappa shape index (κ3) is 8.07. The summed E-state index contributed by atoms with van der Waals surface area (Å²) in [6, 6.07) is 18.6. The quantitative estimate of drug-likeness (QED) is 0.272. The van der Waals surface area contributed by atoms with Crippen molar-refractivity contribution in [2.24, 2.45) is 41.4 Å². The largest absolute Gasteiger partial charge is 0.462 e. The number of carbonyl (C=O) groups is 2. The van der Waals surface area contributed by atoms with Crippen molar-refractivity contribution >= 4 is 28.6 Å². The van der Waals surface area contributed by atoms with E-state index in [9.17, 15) is 9.59 Å². The van der Waals surface area contributed by atoms with Crippen LogP contribution in [0.25, 0.3) is 4.91 Å². The lowest BCUT2D eigenvalue weighted by molar-refractivity contribution is -0.167. The molecule has 0 N–H and O–H groups in total. The van der Waals surface area contributed by atoms with Gasteiger partial charge in [-0.25, -0.2) is 0 Å². The Morgan fingerprint density at radius 1 is 0.733 bits per heavy atom. The van der Waals surface area contributed by atoms with Gasteiger partial charge in [0.25, 0.3) is 0 Å². The summed E-state index contributed by atoms with van der Waals surface area (Å²) >= 11 is 1.49. The standard InChI is InChI=1S/C40H54O4S/c1-24(2)31-19-15-27(6)21-34(31)43-39(41)37-33(29-17-13-26(5)14-18-29)23-36(30-11-9-8-10-12-30)45-38(37)40(42)44-35-22-28(7)16-20-32(35)25(3)4/h8-14,17-18,23-25,27-28,31-35,37-38H,15-16,19-22H2,1-7H3/t27-,28-,31+,32+,33-,34-,35-,37+,38+/m1/s1. The molecule has 0 unspecified atom stereocenters. The lowest BCUT2D eigenvalue weighted by Crippen LogP contribution is -2.45. The predicted octanol–water partition coefficient (Wildman–Crippen LogP) is 9.86. The zero-order chi connectivity index (χ0) is 32.2. The van der Waals surface area contributed by atoms with E-state index in [1.165, 1.54) is 11.8 Å². The molecule has 5 rings (SSSR count). The summed E-state index contributed by atoms with van der Waals surface area (Å²) in [5.74, 6) is 1.01. The molecule has 9 atom stereocenters. The highest BCUT2D eigenvalue weighted by molar-refractivity contribution is 8.09. The van der Waals surface area contributed by atoms with E-state index in [1.807, 2.05) is 18.2 Å². The van der Waals surface area contributed by atoms with Gasteiger partial charge in [-0.1, -0.05) is 121 Å². The van der Waals surface area contributed by atoms with Crippen LogP contribution >= 0.6 is 11.8 Å². The average Bonchev–Trinajstić information content (AvgIpc) is 3.01. The van der Waals surface area contributed by atoms with Crippen molar-refractivity contribution < 1.29 is 19.1 Å². The van der Waals surface area contributed by atoms with Gasteiger partial charge in [0.2, 0.25) is 0 Å². The maximum Gasteiger partial charge on any atom is 0.320 e. The van der Waals surface area contributed by atoms with Gasteiger partial charge in [0, 0.05) is 10.8 Å². The number of ether oxygens (including phenoxy) is 2. The van der Waals surface area contributed by atoms with Crippen LogP contribution in [0.4, 0.5) is 0 Å². The van der Waals surface area contributed by atoms with E-state index >= 15 is 0 Å².